The van der Waals surface area contributed by atoms with Crippen molar-refractivity contribution in [3.05, 3.63) is 23.8 Å². The van der Waals surface area contributed by atoms with Crippen molar-refractivity contribution in [3.8, 4) is 10.9 Å². The summed E-state index contributed by atoms with van der Waals surface area (Å²) in [4.78, 5) is 7.25. The van der Waals surface area contributed by atoms with Crippen molar-refractivity contribution in [3.63, 3.8) is 0 Å². The minimum atomic E-state index is -0.101. The summed E-state index contributed by atoms with van der Waals surface area (Å²) in [6.45, 7) is 16.4. The van der Waals surface area contributed by atoms with Crippen LogP contribution in [0.4, 0.5) is 16.5 Å². The minimum absolute atomic E-state index is 0.101. The summed E-state index contributed by atoms with van der Waals surface area (Å²) in [5.41, 5.74) is 9.92. The van der Waals surface area contributed by atoms with E-state index in [0.717, 1.165) is 50.0 Å². The lowest BCUT2D eigenvalue weighted by atomic mass is 9.97. The van der Waals surface area contributed by atoms with Crippen LogP contribution in [0.3, 0.4) is 0 Å². The first kappa shape index (κ1) is 40.0. The maximum absolute atomic E-state index is 6.80. The van der Waals surface area contributed by atoms with E-state index in [9.17, 15) is 0 Å². The molecule has 3 unspecified atom stereocenters. The molecule has 3 atom stereocenters. The number of nitrogens with two attached hydrogens (primary N) is 1. The molecule has 0 saturated heterocycles. The van der Waals surface area contributed by atoms with E-state index in [2.05, 4.69) is 74.7 Å². The summed E-state index contributed by atoms with van der Waals surface area (Å²) in [7, 11) is 1.65. The van der Waals surface area contributed by atoms with Gasteiger partial charge in [-0.25, -0.2) is 0 Å². The first-order chi connectivity index (χ1) is 22.4. The van der Waals surface area contributed by atoms with Crippen molar-refractivity contribution >= 4 is 27.8 Å². The molecule has 46 heavy (non-hydrogen) atoms. The number of methoxy groups -OCH3 is 1. The van der Waals surface area contributed by atoms with E-state index in [1.54, 1.807) is 7.11 Å². The van der Waals surface area contributed by atoms with Gasteiger partial charge in [-0.1, -0.05) is 130 Å². The summed E-state index contributed by atoms with van der Waals surface area (Å²) >= 11 is 1.36. The van der Waals surface area contributed by atoms with Gasteiger partial charge in [0.05, 0.1) is 19.4 Å². The van der Waals surface area contributed by atoms with E-state index >= 15 is 0 Å². The van der Waals surface area contributed by atoms with Crippen LogP contribution in [-0.2, 0) is 0 Å². The zero-order valence-electron chi connectivity index (χ0n) is 30.5. The summed E-state index contributed by atoms with van der Waals surface area (Å²) in [5.74, 6) is 1.72. The maximum Gasteiger partial charge on any atom is 0.271 e. The monoisotopic (exact) mass is 658 g/mol. The third-order valence-electron chi connectivity index (χ3n) is 9.16. The van der Waals surface area contributed by atoms with Crippen LogP contribution in [0.1, 0.15) is 156 Å². The SMILES string of the molecule is CCCCCCCCN(CC(CC)CCCC)c1ccc(N=Nc2nc(OCC(CC)CCCC)c(OC)s2)c(C(N)CCC)c1. The Bertz CT molecular complexity index is 1090. The van der Waals surface area contributed by atoms with Crippen molar-refractivity contribution in [2.24, 2.45) is 27.8 Å². The Balaban J connectivity index is 2.31. The number of hydrogen-bond acceptors (Lipinski definition) is 8. The van der Waals surface area contributed by atoms with Crippen molar-refractivity contribution in [2.75, 3.05) is 31.7 Å². The van der Waals surface area contributed by atoms with Gasteiger partial charge in [0.2, 0.25) is 10.2 Å². The molecule has 2 rings (SSSR count). The Morgan fingerprint density at radius 3 is 2.13 bits per heavy atom. The molecule has 1 aromatic carbocycles. The molecule has 1 heterocycles. The van der Waals surface area contributed by atoms with Crippen LogP contribution in [0.15, 0.2) is 28.4 Å². The molecule has 0 aliphatic carbocycles. The lowest BCUT2D eigenvalue weighted by molar-refractivity contribution is 0.219. The van der Waals surface area contributed by atoms with Crippen LogP contribution in [0, 0.1) is 11.8 Å². The zero-order valence-corrected chi connectivity index (χ0v) is 31.3. The summed E-state index contributed by atoms with van der Waals surface area (Å²) in [5, 5.41) is 10.4. The number of unbranched alkanes of at least 4 members (excludes halogenated alkanes) is 7. The van der Waals surface area contributed by atoms with Crippen molar-refractivity contribution < 1.29 is 9.47 Å². The van der Waals surface area contributed by atoms with E-state index in [-0.39, 0.29) is 6.04 Å². The smallest absolute Gasteiger partial charge is 0.271 e. The summed E-state index contributed by atoms with van der Waals surface area (Å²) in [6.07, 6.45) is 19.4. The Labute approximate surface area is 286 Å². The molecule has 0 radical (unpaired) electrons. The molecule has 0 aliphatic rings. The van der Waals surface area contributed by atoms with Crippen LogP contribution in [0.25, 0.3) is 0 Å². The summed E-state index contributed by atoms with van der Waals surface area (Å²) in [6, 6.07) is 6.51. The fourth-order valence-electron chi connectivity index (χ4n) is 5.97. The second kappa shape index (κ2) is 24.0. The fraction of sp³-hybridized carbons (Fsp3) is 0.763. The quantitative estimate of drug-likeness (QED) is 0.0763. The van der Waals surface area contributed by atoms with E-state index in [4.69, 9.17) is 20.3 Å². The predicted octanol–water partition coefficient (Wildman–Crippen LogP) is 12.3. The Hall–Kier alpha value is -2.19. The van der Waals surface area contributed by atoms with Gasteiger partial charge in [-0.15, -0.1) is 10.2 Å². The molecule has 7 nitrogen and oxygen atoms in total. The van der Waals surface area contributed by atoms with E-state index in [0.29, 0.717) is 34.5 Å². The van der Waals surface area contributed by atoms with Gasteiger partial charge < -0.3 is 20.1 Å². The number of azo groups is 1. The molecule has 262 valence electrons. The van der Waals surface area contributed by atoms with Gasteiger partial charge in [0.1, 0.15) is 0 Å². The van der Waals surface area contributed by atoms with E-state index in [1.165, 1.54) is 94.1 Å². The van der Waals surface area contributed by atoms with Crippen molar-refractivity contribution in [1.29, 1.82) is 0 Å². The molecule has 0 fully saturated rings. The standard InChI is InChI=1S/C38H67N5O2S/c1-8-14-17-18-19-20-26-43(28-30(12-5)22-15-9-2)32-24-25-35(33(27-32)34(39)21-11-4)41-42-38-40-36(37(44-7)46-38)45-29-31(13-6)23-16-10-3/h24-25,27,30-31,34H,8-23,26,28-29,39H2,1-7H3. The average molecular weight is 658 g/mol. The molecule has 0 bridgehead atoms. The first-order valence-electron chi connectivity index (χ1n) is 18.7. The number of benzene rings is 1. The van der Waals surface area contributed by atoms with Crippen molar-refractivity contribution in [1.82, 2.24) is 4.98 Å². The predicted molar refractivity (Wildman–Crippen MR) is 199 cm³/mol. The number of nitrogens with zero attached hydrogens (tertiary/aromatic N) is 4. The molecular weight excluding hydrogens is 591 g/mol. The minimum Gasteiger partial charge on any atom is -0.483 e. The largest absolute Gasteiger partial charge is 0.483 e. The Morgan fingerprint density at radius 1 is 0.804 bits per heavy atom. The third kappa shape index (κ3) is 14.3. The third-order valence-corrected chi connectivity index (χ3v) is 10.0. The molecule has 0 aliphatic heterocycles. The van der Waals surface area contributed by atoms with Gasteiger partial charge in [0, 0.05) is 24.8 Å². The van der Waals surface area contributed by atoms with E-state index < -0.39 is 0 Å². The highest BCUT2D eigenvalue weighted by Crippen LogP contribution is 2.40. The Kier molecular flexibility index (Phi) is 20.9. The number of anilines is 1. The van der Waals surface area contributed by atoms with Gasteiger partial charge in [-0.3, -0.25) is 0 Å². The van der Waals surface area contributed by atoms with Crippen LogP contribution in [0.2, 0.25) is 0 Å². The second-order valence-electron chi connectivity index (χ2n) is 13.0. The highest BCUT2D eigenvalue weighted by Gasteiger charge is 2.19. The molecular formula is C38H67N5O2S. The van der Waals surface area contributed by atoms with Gasteiger partial charge >= 0.3 is 0 Å². The molecule has 1 aromatic heterocycles. The number of rotatable bonds is 27. The van der Waals surface area contributed by atoms with Crippen LogP contribution in [-0.4, -0.2) is 31.8 Å². The van der Waals surface area contributed by atoms with Crippen LogP contribution >= 0.6 is 11.3 Å². The number of ether oxygens (including phenoxy) is 2. The maximum atomic E-state index is 6.80. The average Bonchev–Trinajstić information content (AvgIpc) is 3.48. The highest BCUT2D eigenvalue weighted by molar-refractivity contribution is 7.17. The molecule has 8 heteroatoms. The number of hydrogen-bond donors (Lipinski definition) is 1. The number of thiazole rings is 1. The zero-order chi connectivity index (χ0) is 33.6. The van der Waals surface area contributed by atoms with E-state index in [1.807, 2.05) is 0 Å². The van der Waals surface area contributed by atoms with Crippen LogP contribution < -0.4 is 20.1 Å². The normalized spacial score (nSPS) is 13.7. The lowest BCUT2D eigenvalue weighted by Crippen LogP contribution is -2.30. The molecule has 2 N–H and O–H groups in total. The lowest BCUT2D eigenvalue weighted by Gasteiger charge is -2.30. The number of aromatic nitrogens is 1. The summed E-state index contributed by atoms with van der Waals surface area (Å²) < 4.78 is 11.7. The van der Waals surface area contributed by atoms with Crippen LogP contribution in [0.5, 0.6) is 10.9 Å². The van der Waals surface area contributed by atoms with Gasteiger partial charge in [0.25, 0.3) is 5.88 Å². The first-order valence-corrected chi connectivity index (χ1v) is 19.5. The second-order valence-corrected chi connectivity index (χ2v) is 13.9. The Morgan fingerprint density at radius 2 is 1.48 bits per heavy atom. The van der Waals surface area contributed by atoms with Gasteiger partial charge in [0.15, 0.2) is 0 Å². The molecule has 0 spiro atoms. The fourth-order valence-corrected chi connectivity index (χ4v) is 6.62. The molecule has 2 aromatic rings. The highest BCUT2D eigenvalue weighted by atomic mass is 32.1. The molecule has 0 saturated carbocycles. The van der Waals surface area contributed by atoms with Gasteiger partial charge in [-0.05, 0) is 61.3 Å². The van der Waals surface area contributed by atoms with Crippen molar-refractivity contribution in [2.45, 2.75) is 150 Å². The molecule has 0 amide bonds. The topological polar surface area (TPSA) is 85.3 Å². The van der Waals surface area contributed by atoms with Gasteiger partial charge in [-0.2, -0.15) is 4.98 Å².